The Hall–Kier alpha value is 0.130. The van der Waals surface area contributed by atoms with Crippen molar-refractivity contribution in [1.82, 2.24) is 0 Å². The van der Waals surface area contributed by atoms with Gasteiger partial charge in [0, 0.05) is 14.5 Å². The molecule has 58 heavy (non-hydrogen) atoms. The molecule has 0 aromatic rings. The third kappa shape index (κ3) is 47.2. The molecule has 0 saturated carbocycles. The summed E-state index contributed by atoms with van der Waals surface area (Å²) in [5.74, 6) is 0. The van der Waals surface area contributed by atoms with Crippen LogP contribution >= 0.6 is 14.5 Å². The summed E-state index contributed by atoms with van der Waals surface area (Å²) in [5.41, 5.74) is 0. The Morgan fingerprint density at radius 1 is 0.259 bits per heavy atom. The smallest absolute Gasteiger partial charge is 0.0594 e. The van der Waals surface area contributed by atoms with E-state index in [0.717, 1.165) is 0 Å². The van der Waals surface area contributed by atoms with Crippen molar-refractivity contribution in [2.24, 2.45) is 0 Å². The number of rotatable bonds is 44. The Morgan fingerprint density at radius 2 is 0.379 bits per heavy atom. The number of carboxylic acid groups (broad SMARTS) is 2. The van der Waals surface area contributed by atoms with Gasteiger partial charge in [-0.3, -0.25) is 0 Å². The van der Waals surface area contributed by atoms with Crippen molar-refractivity contribution >= 4 is 20.7 Å². The van der Waals surface area contributed by atoms with Crippen LogP contribution < -0.4 is 10.2 Å². The summed E-state index contributed by atoms with van der Waals surface area (Å²) in [6.07, 6.45) is 63.5. The summed E-state index contributed by atoms with van der Waals surface area (Å²) in [7, 11) is -1.29. The molecule has 5 heteroatoms. The van der Waals surface area contributed by atoms with E-state index in [-0.39, 0.29) is 0 Å². The summed E-state index contributed by atoms with van der Waals surface area (Å²) in [4.78, 5) is 8.33. The van der Waals surface area contributed by atoms with Crippen LogP contribution in [0, 0.1) is 0 Å². The Kier molecular flexibility index (Phi) is 55.4. The summed E-state index contributed by atoms with van der Waals surface area (Å²) in [6, 6.07) is 0. The second-order valence-electron chi connectivity index (χ2n) is 18.5. The third-order valence-electron chi connectivity index (χ3n) is 13.3. The molecule has 0 aromatic heterocycles. The molecule has 352 valence electrons. The first-order valence-corrected chi connectivity index (χ1v) is 31.9. The molecule has 0 aliphatic heterocycles. The lowest BCUT2D eigenvalue weighted by Crippen LogP contribution is -2.37. The summed E-state index contributed by atoms with van der Waals surface area (Å²) >= 11 is 0. The molecule has 0 aliphatic rings. The minimum atomic E-state index is -2.33. The van der Waals surface area contributed by atoms with Gasteiger partial charge in [-0.2, -0.15) is 0 Å². The quantitative estimate of drug-likeness (QED) is 0.0453. The van der Waals surface area contributed by atoms with Gasteiger partial charge in [-0.1, -0.05) is 196 Å². The van der Waals surface area contributed by atoms with Crippen LogP contribution in [0.3, 0.4) is 0 Å². The van der Waals surface area contributed by atoms with Gasteiger partial charge in [-0.05, 0) is 97.1 Å². The number of hydrogen-bond donors (Lipinski definition) is 0. The van der Waals surface area contributed by atoms with Gasteiger partial charge in [0.15, 0.2) is 0 Å². The minimum absolute atomic E-state index is 0.644. The average molecular weight is 859 g/mol. The lowest BCUT2D eigenvalue weighted by Gasteiger charge is -2.27. The van der Waals surface area contributed by atoms with E-state index in [1.165, 1.54) is 243 Å². The molecular weight excluding hydrogens is 747 g/mol. The van der Waals surface area contributed by atoms with Crippen LogP contribution in [0.5, 0.6) is 0 Å². The van der Waals surface area contributed by atoms with E-state index in [9.17, 15) is 0 Å². The van der Waals surface area contributed by atoms with Crippen LogP contribution in [-0.4, -0.2) is 55.5 Å². The zero-order chi connectivity index (χ0) is 43.7. The highest BCUT2D eigenvalue weighted by molar-refractivity contribution is 7.76. The zero-order valence-corrected chi connectivity index (χ0v) is 43.5. The lowest BCUT2D eigenvalue weighted by atomic mass is 10.1. The largest absolute Gasteiger partial charge is 0.652 e. The van der Waals surface area contributed by atoms with Gasteiger partial charge in [-0.25, -0.2) is 0 Å². The first kappa shape index (κ1) is 62.4. The van der Waals surface area contributed by atoms with Crippen LogP contribution in [-0.2, 0) is 0 Å². The minimum Gasteiger partial charge on any atom is -0.652 e. The SMILES string of the molecule is CCCCCCCC[P+](CC)(CCCCCCCC)CCCCCCCC.CCCCCCCC[P+](CC)(CCCCCCCC)CCCCCCCC.O=C([O-])[O-]. The predicted molar refractivity (Wildman–Crippen MR) is 270 cm³/mol. The van der Waals surface area contributed by atoms with Crippen molar-refractivity contribution in [2.45, 2.75) is 287 Å². The number of unbranched alkanes of at least 4 members (excludes halogenated alkanes) is 30. The molecule has 0 heterocycles. The fourth-order valence-corrected chi connectivity index (χ4v) is 17.6. The fraction of sp³-hybridized carbons (Fsp3) is 0.981. The highest BCUT2D eigenvalue weighted by atomic mass is 31.2. The maximum Gasteiger partial charge on any atom is 0.0594 e. The van der Waals surface area contributed by atoms with Crippen molar-refractivity contribution in [3.8, 4) is 0 Å². The standard InChI is InChI=1S/2C26H56P.CH2O3/c2*1-5-9-12-15-18-21-24-27(8-4,25-22-19-16-13-10-6-2)26-23-20-17-14-11-7-3;2-1(3)4/h2*5-26H2,1-4H3;(H2,2,3,4)/q2*+1;/p-2. The third-order valence-corrected chi connectivity index (χ3v) is 23.5. The van der Waals surface area contributed by atoms with Crippen LogP contribution in [0.15, 0.2) is 0 Å². The molecule has 0 fully saturated rings. The Labute approximate surface area is 370 Å². The topological polar surface area (TPSA) is 63.2 Å². The zero-order valence-electron chi connectivity index (χ0n) is 41.7. The van der Waals surface area contributed by atoms with Crippen LogP contribution in [0.1, 0.15) is 287 Å². The first-order valence-electron chi connectivity index (χ1n) is 26.8. The molecule has 0 atom stereocenters. The van der Waals surface area contributed by atoms with E-state index in [0.29, 0.717) is 0 Å². The molecule has 0 saturated heterocycles. The van der Waals surface area contributed by atoms with Gasteiger partial charge in [-0.15, -0.1) is 0 Å². The molecule has 0 aliphatic carbocycles. The molecule has 0 spiro atoms. The molecule has 0 rings (SSSR count). The van der Waals surface area contributed by atoms with Crippen molar-refractivity contribution in [2.75, 3.05) is 49.3 Å². The summed E-state index contributed by atoms with van der Waals surface area (Å²) in [5, 5.41) is 16.7. The monoisotopic (exact) mass is 859 g/mol. The Bertz CT molecular complexity index is 618. The molecular formula is C53H112O3P2. The molecule has 0 bridgehead atoms. The molecule has 3 nitrogen and oxygen atoms in total. The van der Waals surface area contributed by atoms with E-state index in [4.69, 9.17) is 15.0 Å². The molecule has 0 N–H and O–H groups in total. The maximum atomic E-state index is 8.33. The van der Waals surface area contributed by atoms with Gasteiger partial charge in [0.25, 0.3) is 0 Å². The summed E-state index contributed by atoms with van der Waals surface area (Å²) in [6.45, 7) is 19.0. The second-order valence-corrected chi connectivity index (χ2v) is 27.8. The van der Waals surface area contributed by atoms with E-state index in [2.05, 4.69) is 55.4 Å². The number of hydrogen-bond acceptors (Lipinski definition) is 3. The highest BCUT2D eigenvalue weighted by Gasteiger charge is 2.34. The van der Waals surface area contributed by atoms with Gasteiger partial charge in [0.2, 0.25) is 0 Å². The fourth-order valence-electron chi connectivity index (χ4n) is 8.98. The van der Waals surface area contributed by atoms with Gasteiger partial charge >= 0.3 is 0 Å². The highest BCUT2D eigenvalue weighted by Crippen LogP contribution is 2.61. The average Bonchev–Trinajstić information content (AvgIpc) is 3.22. The van der Waals surface area contributed by atoms with E-state index in [1.807, 2.05) is 0 Å². The van der Waals surface area contributed by atoms with Crippen LogP contribution in [0.25, 0.3) is 0 Å². The van der Waals surface area contributed by atoms with E-state index >= 15 is 0 Å². The van der Waals surface area contributed by atoms with Crippen molar-refractivity contribution in [1.29, 1.82) is 0 Å². The molecule has 0 aromatic carbocycles. The van der Waals surface area contributed by atoms with E-state index in [1.54, 1.807) is 37.0 Å². The van der Waals surface area contributed by atoms with Crippen LogP contribution in [0.4, 0.5) is 4.79 Å². The van der Waals surface area contributed by atoms with Crippen molar-refractivity contribution in [3.63, 3.8) is 0 Å². The van der Waals surface area contributed by atoms with Crippen molar-refractivity contribution < 1.29 is 15.0 Å². The predicted octanol–water partition coefficient (Wildman–Crippen LogP) is 17.8. The lowest BCUT2D eigenvalue weighted by molar-refractivity contribution is -0.415. The normalized spacial score (nSPS) is 11.6. The Morgan fingerprint density at radius 3 is 0.500 bits per heavy atom. The van der Waals surface area contributed by atoms with Crippen molar-refractivity contribution in [3.05, 3.63) is 0 Å². The number of carbonyl (C=O) groups is 1. The van der Waals surface area contributed by atoms with Gasteiger partial charge in [0.1, 0.15) is 0 Å². The Balaban J connectivity index is -0.000000953. The van der Waals surface area contributed by atoms with E-state index < -0.39 is 20.7 Å². The molecule has 0 unspecified atom stereocenters. The van der Waals surface area contributed by atoms with Gasteiger partial charge in [0.05, 0.1) is 49.3 Å². The first-order chi connectivity index (χ1) is 28.2. The summed E-state index contributed by atoms with van der Waals surface area (Å²) < 4.78 is 0. The molecule has 0 radical (unpaired) electrons. The second kappa shape index (κ2) is 51.5. The van der Waals surface area contributed by atoms with Gasteiger partial charge < -0.3 is 15.0 Å². The maximum absolute atomic E-state index is 8.33. The number of carbonyl (C=O) groups excluding carboxylic acids is 1. The van der Waals surface area contributed by atoms with Crippen LogP contribution in [0.2, 0.25) is 0 Å². The molecule has 0 amide bonds.